The Hall–Kier alpha value is -3.23. The zero-order chi connectivity index (χ0) is 25.7. The lowest BCUT2D eigenvalue weighted by molar-refractivity contribution is -0.127. The largest absolute Gasteiger partial charge is 0.379 e. The molecule has 1 aromatic rings. The van der Waals surface area contributed by atoms with E-state index >= 15 is 0 Å². The monoisotopic (exact) mass is 484 g/mol. The molecule has 0 spiro atoms. The van der Waals surface area contributed by atoms with Gasteiger partial charge in [-0.05, 0) is 20.8 Å². The van der Waals surface area contributed by atoms with Gasteiger partial charge in [0, 0.05) is 39.9 Å². The lowest BCUT2D eigenvalue weighted by atomic mass is 10.1. The van der Waals surface area contributed by atoms with Crippen molar-refractivity contribution in [3.05, 3.63) is 17.5 Å². The lowest BCUT2D eigenvalue weighted by Crippen LogP contribution is -2.35. The molecule has 0 saturated carbocycles. The molecule has 1 saturated heterocycles. The molecule has 34 heavy (non-hydrogen) atoms. The molecular weight excluding hydrogens is 448 g/mol. The van der Waals surface area contributed by atoms with Crippen LogP contribution in [0.5, 0.6) is 0 Å². The summed E-state index contributed by atoms with van der Waals surface area (Å²) in [6.07, 6.45) is 3.61. The minimum absolute atomic E-state index is 0.0417. The molecule has 4 amide bonds. The molecule has 1 unspecified atom stereocenters. The van der Waals surface area contributed by atoms with Crippen molar-refractivity contribution < 1.29 is 29.2 Å². The van der Waals surface area contributed by atoms with Crippen LogP contribution in [0.4, 0.5) is 4.79 Å². The second-order valence-electron chi connectivity index (χ2n) is 8.23. The first-order chi connectivity index (χ1) is 16.1. The highest BCUT2D eigenvalue weighted by Crippen LogP contribution is 2.35. The predicted molar refractivity (Wildman–Crippen MR) is 123 cm³/mol. The number of methoxy groups -OCH3 is 1. The molecule has 2 bridgehead atoms. The van der Waals surface area contributed by atoms with Gasteiger partial charge in [0.15, 0.2) is 6.61 Å². The number of rotatable bonds is 8. The van der Waals surface area contributed by atoms with Crippen LogP contribution in [0.3, 0.4) is 0 Å². The van der Waals surface area contributed by atoms with Crippen molar-refractivity contribution in [1.29, 1.82) is 0 Å². The number of urea groups is 1. The van der Waals surface area contributed by atoms with Crippen LogP contribution in [0, 0.1) is 0 Å². The summed E-state index contributed by atoms with van der Waals surface area (Å²) < 4.78 is 6.69. The van der Waals surface area contributed by atoms with E-state index in [4.69, 9.17) is 9.57 Å². The fraction of sp³-hybridized carbons (Fsp3) is 0.650. The van der Waals surface area contributed by atoms with E-state index in [1.165, 1.54) is 6.34 Å². The van der Waals surface area contributed by atoms with Gasteiger partial charge in [0.05, 0.1) is 30.6 Å². The van der Waals surface area contributed by atoms with Gasteiger partial charge in [-0.25, -0.2) is 4.79 Å². The summed E-state index contributed by atoms with van der Waals surface area (Å²) in [6, 6.07) is -0.550. The fourth-order valence-electron chi connectivity index (χ4n) is 2.72. The van der Waals surface area contributed by atoms with Gasteiger partial charge in [0.2, 0.25) is 12.3 Å². The molecule has 3 heterocycles. The quantitative estimate of drug-likeness (QED) is 0.0964. The van der Waals surface area contributed by atoms with Crippen LogP contribution in [0.2, 0.25) is 0 Å². The van der Waals surface area contributed by atoms with Gasteiger partial charge in [-0.15, -0.1) is 0 Å². The second kappa shape index (κ2) is 14.1. The Kier molecular flexibility index (Phi) is 12.0. The Bertz CT molecular complexity index is 822. The van der Waals surface area contributed by atoms with Gasteiger partial charge >= 0.3 is 6.03 Å². The minimum Gasteiger partial charge on any atom is -0.379 e. The first kappa shape index (κ1) is 28.8. The van der Waals surface area contributed by atoms with Crippen molar-refractivity contribution in [3.8, 4) is 0 Å². The molecule has 14 heteroatoms. The van der Waals surface area contributed by atoms with Crippen molar-refractivity contribution >= 4 is 24.7 Å². The van der Waals surface area contributed by atoms with E-state index in [1.807, 2.05) is 27.8 Å². The zero-order valence-electron chi connectivity index (χ0n) is 20.6. The number of ether oxygens (including phenoxy) is 1. The summed E-state index contributed by atoms with van der Waals surface area (Å²) in [7, 11) is 5.12. The van der Waals surface area contributed by atoms with E-state index < -0.39 is 0 Å². The number of carbonyl (C=O) groups is 3. The highest BCUT2D eigenvalue weighted by atomic mass is 16.6. The van der Waals surface area contributed by atoms with E-state index in [9.17, 15) is 19.6 Å². The standard InChI is InChI=1S/C8H10N4O2.C7H14N4O3.C5H12O/c1-10-6-3-11-4-7(5(6)2-9-10)12(14)8(11)13;1-8-5-11-14-4-7(13)10-3-2-9-6-12;1-5(2,3)6-4/h2,7,14H,3-4H2,1H3;5-6H,2-4H2,1H3,(H,8,11)(H,9,12)(H,10,13);1-4H3. The summed E-state index contributed by atoms with van der Waals surface area (Å²) in [6.45, 7) is 7.84. The maximum atomic E-state index is 11.4. The number of hydrogen-bond donors (Lipinski definition) is 4. The normalized spacial score (nSPS) is 16.2. The van der Waals surface area contributed by atoms with Gasteiger partial charge in [0.1, 0.15) is 12.4 Å². The summed E-state index contributed by atoms with van der Waals surface area (Å²) in [4.78, 5) is 42.1. The lowest BCUT2D eigenvalue weighted by Gasteiger charge is -2.20. The number of hydroxylamine groups is 3. The van der Waals surface area contributed by atoms with E-state index in [-0.39, 0.29) is 30.2 Å². The summed E-state index contributed by atoms with van der Waals surface area (Å²) in [5, 5.41) is 19.4. The van der Waals surface area contributed by atoms with E-state index in [0.717, 1.165) is 16.3 Å². The number of aromatic nitrogens is 2. The zero-order valence-corrected chi connectivity index (χ0v) is 20.6. The third-order valence-electron chi connectivity index (χ3n) is 4.70. The number of aliphatic imine (C=N–C) groups is 1. The molecule has 1 fully saturated rings. The topological polar surface area (TPSA) is 163 Å². The van der Waals surface area contributed by atoms with Gasteiger partial charge < -0.3 is 20.3 Å². The molecule has 0 radical (unpaired) electrons. The second-order valence-corrected chi connectivity index (χ2v) is 8.23. The highest BCUT2D eigenvalue weighted by Gasteiger charge is 2.43. The Labute approximate surface area is 199 Å². The average Bonchev–Trinajstić information content (AvgIpc) is 3.28. The Morgan fingerprint density at radius 2 is 2.06 bits per heavy atom. The molecule has 3 rings (SSSR count). The summed E-state index contributed by atoms with van der Waals surface area (Å²) >= 11 is 0. The summed E-state index contributed by atoms with van der Waals surface area (Å²) in [5.74, 6) is -0.269. The van der Waals surface area contributed by atoms with Crippen molar-refractivity contribution in [2.75, 3.05) is 40.4 Å². The Morgan fingerprint density at radius 3 is 2.65 bits per heavy atom. The minimum atomic E-state index is -0.314. The molecule has 1 aromatic heterocycles. The average molecular weight is 485 g/mol. The van der Waals surface area contributed by atoms with Crippen LogP contribution in [0.15, 0.2) is 11.2 Å². The number of hydrogen-bond acceptors (Lipinski definition) is 8. The van der Waals surface area contributed by atoms with Crippen molar-refractivity contribution in [3.63, 3.8) is 0 Å². The van der Waals surface area contributed by atoms with E-state index in [2.05, 4.69) is 26.2 Å². The van der Waals surface area contributed by atoms with Crippen LogP contribution in [0.1, 0.15) is 38.1 Å². The number of nitrogens with one attached hydrogen (secondary N) is 3. The first-order valence-electron chi connectivity index (χ1n) is 10.6. The van der Waals surface area contributed by atoms with Crippen molar-refractivity contribution in [2.45, 2.75) is 39.0 Å². The Morgan fingerprint density at radius 1 is 1.38 bits per heavy atom. The molecule has 4 N–H and O–H groups in total. The highest BCUT2D eigenvalue weighted by molar-refractivity contribution is 5.77. The van der Waals surface area contributed by atoms with Gasteiger partial charge in [-0.1, -0.05) is 0 Å². The van der Waals surface area contributed by atoms with Crippen LogP contribution >= 0.6 is 0 Å². The third kappa shape index (κ3) is 9.33. The summed E-state index contributed by atoms with van der Waals surface area (Å²) in [5.41, 5.74) is 4.35. The number of fused-ring (bicyclic) bond motifs is 4. The molecule has 0 aliphatic carbocycles. The molecular formula is C20H36N8O6. The SMILES string of the molecule is CN=CNOCC(=O)NCCNC=O.COC(C)(C)C.Cn1ncc2c1CN1CC2N(O)C1=O. The van der Waals surface area contributed by atoms with Gasteiger partial charge in [0.25, 0.3) is 0 Å². The molecule has 192 valence electrons. The molecule has 0 aromatic carbocycles. The fourth-order valence-corrected chi connectivity index (χ4v) is 2.72. The Balaban J connectivity index is 0.000000277. The van der Waals surface area contributed by atoms with Gasteiger partial charge in [-0.3, -0.25) is 34.8 Å². The van der Waals surface area contributed by atoms with Crippen LogP contribution in [0.25, 0.3) is 0 Å². The molecule has 1 atom stereocenters. The molecule has 2 aliphatic rings. The van der Waals surface area contributed by atoms with E-state index in [1.54, 1.807) is 29.9 Å². The number of nitrogens with zero attached hydrogens (tertiary/aromatic N) is 5. The number of amides is 4. The number of carbonyl (C=O) groups excluding carboxylic acids is 3. The van der Waals surface area contributed by atoms with Crippen molar-refractivity contribution in [1.82, 2.24) is 35.9 Å². The smallest absolute Gasteiger partial charge is 0.344 e. The van der Waals surface area contributed by atoms with Crippen molar-refractivity contribution in [2.24, 2.45) is 12.0 Å². The first-order valence-corrected chi connectivity index (χ1v) is 10.6. The number of aryl methyl sites for hydroxylation is 1. The van der Waals surface area contributed by atoms with E-state index in [0.29, 0.717) is 32.6 Å². The molecule has 14 nitrogen and oxygen atoms in total. The van der Waals surface area contributed by atoms with Crippen LogP contribution < -0.4 is 16.1 Å². The maximum absolute atomic E-state index is 11.4. The van der Waals surface area contributed by atoms with Crippen LogP contribution in [-0.2, 0) is 32.8 Å². The van der Waals surface area contributed by atoms with Gasteiger partial charge in [-0.2, -0.15) is 10.2 Å². The maximum Gasteiger partial charge on any atom is 0.344 e. The third-order valence-corrected chi connectivity index (χ3v) is 4.70. The molecule has 2 aliphatic heterocycles. The predicted octanol–water partition coefficient (Wildman–Crippen LogP) is -0.439. The van der Waals surface area contributed by atoms with Crippen LogP contribution in [-0.4, -0.2) is 95.6 Å².